The maximum atomic E-state index is 12.4. The van der Waals surface area contributed by atoms with Gasteiger partial charge >= 0.3 is 0 Å². The lowest BCUT2D eigenvalue weighted by molar-refractivity contribution is -0.124. The van der Waals surface area contributed by atoms with Gasteiger partial charge in [-0.15, -0.1) is 0 Å². The minimum absolute atomic E-state index is 0.0644. The van der Waals surface area contributed by atoms with E-state index in [1.165, 1.54) is 6.07 Å². The molecule has 5 heteroatoms. The molecule has 5 nitrogen and oxygen atoms in total. The number of rotatable bonds is 1. The van der Waals surface area contributed by atoms with Crippen molar-refractivity contribution in [2.24, 2.45) is 11.8 Å². The molecule has 0 saturated carbocycles. The van der Waals surface area contributed by atoms with Crippen LogP contribution in [0.25, 0.3) is 0 Å². The first-order valence-electron chi connectivity index (χ1n) is 6.18. The first-order chi connectivity index (χ1) is 9.18. The van der Waals surface area contributed by atoms with Crippen LogP contribution in [-0.2, 0) is 14.3 Å². The largest absolute Gasteiger partial charge is 0.506 e. The molecule has 96 valence electrons. The Labute approximate surface area is 109 Å². The Balaban J connectivity index is 1.79. The van der Waals surface area contributed by atoms with Gasteiger partial charge in [-0.05, 0) is 12.1 Å². The van der Waals surface area contributed by atoms with E-state index in [1.807, 2.05) is 12.2 Å². The van der Waals surface area contributed by atoms with Crippen molar-refractivity contribution in [2.45, 2.75) is 12.2 Å². The van der Waals surface area contributed by atoms with Gasteiger partial charge in [0.15, 0.2) is 0 Å². The fourth-order valence-electron chi connectivity index (χ4n) is 3.19. The zero-order chi connectivity index (χ0) is 13.1. The van der Waals surface area contributed by atoms with E-state index in [-0.39, 0.29) is 35.5 Å². The van der Waals surface area contributed by atoms with E-state index in [0.29, 0.717) is 0 Å². The number of phenols is 1. The van der Waals surface area contributed by atoms with Gasteiger partial charge in [-0.2, -0.15) is 0 Å². The summed E-state index contributed by atoms with van der Waals surface area (Å²) in [4.78, 5) is 25.9. The summed E-state index contributed by atoms with van der Waals surface area (Å²) in [6.45, 7) is 0. The number of nitrogens with zero attached hydrogens (tertiary/aromatic N) is 1. The van der Waals surface area contributed by atoms with E-state index >= 15 is 0 Å². The van der Waals surface area contributed by atoms with Crippen LogP contribution in [-0.4, -0.2) is 29.1 Å². The molecule has 2 amide bonds. The Kier molecular flexibility index (Phi) is 1.95. The Morgan fingerprint density at radius 2 is 1.58 bits per heavy atom. The topological polar surface area (TPSA) is 66.8 Å². The van der Waals surface area contributed by atoms with E-state index in [2.05, 4.69) is 0 Å². The number of para-hydroxylation sites is 2. The van der Waals surface area contributed by atoms with Crippen LogP contribution in [0.3, 0.4) is 0 Å². The highest BCUT2D eigenvalue weighted by molar-refractivity contribution is 6.23. The molecule has 4 atom stereocenters. The molecular formula is C14H11NO4. The van der Waals surface area contributed by atoms with Crippen molar-refractivity contribution in [3.05, 3.63) is 36.4 Å². The fourth-order valence-corrected chi connectivity index (χ4v) is 3.19. The molecule has 0 unspecified atom stereocenters. The number of carbonyl (C=O) groups is 2. The molecule has 2 bridgehead atoms. The Morgan fingerprint density at radius 3 is 2.16 bits per heavy atom. The summed E-state index contributed by atoms with van der Waals surface area (Å²) in [5.41, 5.74) is 0.256. The van der Waals surface area contributed by atoms with Crippen molar-refractivity contribution in [3.8, 4) is 5.75 Å². The van der Waals surface area contributed by atoms with Gasteiger partial charge in [0.1, 0.15) is 5.75 Å². The second kappa shape index (κ2) is 3.45. The van der Waals surface area contributed by atoms with Gasteiger partial charge in [0.25, 0.3) is 0 Å². The van der Waals surface area contributed by atoms with Crippen molar-refractivity contribution in [3.63, 3.8) is 0 Å². The number of benzene rings is 1. The molecule has 3 aliphatic rings. The number of carbonyl (C=O) groups excluding carboxylic acids is 2. The van der Waals surface area contributed by atoms with Crippen LogP contribution in [0.4, 0.5) is 5.69 Å². The zero-order valence-electron chi connectivity index (χ0n) is 9.89. The molecule has 3 aliphatic heterocycles. The number of ether oxygens (including phenoxy) is 1. The second-order valence-corrected chi connectivity index (χ2v) is 5.00. The van der Waals surface area contributed by atoms with Gasteiger partial charge in [0.05, 0.1) is 29.7 Å². The molecule has 4 rings (SSSR count). The van der Waals surface area contributed by atoms with Crippen molar-refractivity contribution >= 4 is 17.5 Å². The number of imide groups is 1. The summed E-state index contributed by atoms with van der Waals surface area (Å²) in [7, 11) is 0. The van der Waals surface area contributed by atoms with Crippen LogP contribution in [0.1, 0.15) is 0 Å². The normalized spacial score (nSPS) is 35.3. The van der Waals surface area contributed by atoms with E-state index in [9.17, 15) is 14.7 Å². The summed E-state index contributed by atoms with van der Waals surface area (Å²) in [6.07, 6.45) is 3.07. The van der Waals surface area contributed by atoms with Gasteiger partial charge < -0.3 is 9.84 Å². The Hall–Kier alpha value is -2.14. The minimum Gasteiger partial charge on any atom is -0.506 e. The molecule has 0 aliphatic carbocycles. The van der Waals surface area contributed by atoms with Crippen molar-refractivity contribution in [2.75, 3.05) is 4.90 Å². The van der Waals surface area contributed by atoms with Crippen molar-refractivity contribution < 1.29 is 19.4 Å². The zero-order valence-corrected chi connectivity index (χ0v) is 9.89. The number of phenolic OH excluding ortho intramolecular Hbond substituents is 1. The molecule has 2 fully saturated rings. The maximum absolute atomic E-state index is 12.4. The summed E-state index contributed by atoms with van der Waals surface area (Å²) in [6, 6.07) is 6.38. The first kappa shape index (κ1) is 10.8. The predicted octanol–water partition coefficient (Wildman–Crippen LogP) is 0.835. The predicted molar refractivity (Wildman–Crippen MR) is 65.4 cm³/mol. The molecule has 3 heterocycles. The van der Waals surface area contributed by atoms with Gasteiger partial charge in [0, 0.05) is 0 Å². The molecule has 1 N–H and O–H groups in total. The van der Waals surface area contributed by atoms with Gasteiger partial charge in [-0.3, -0.25) is 9.59 Å². The van der Waals surface area contributed by atoms with Crippen molar-refractivity contribution in [1.29, 1.82) is 0 Å². The van der Waals surface area contributed by atoms with Crippen LogP contribution in [0.2, 0.25) is 0 Å². The first-order valence-corrected chi connectivity index (χ1v) is 6.18. The third-order valence-corrected chi connectivity index (χ3v) is 4.03. The summed E-state index contributed by atoms with van der Waals surface area (Å²) >= 11 is 0. The smallest absolute Gasteiger partial charge is 0.240 e. The summed E-state index contributed by atoms with van der Waals surface area (Å²) < 4.78 is 5.55. The quantitative estimate of drug-likeness (QED) is 0.598. The average molecular weight is 257 g/mol. The number of hydrogen-bond acceptors (Lipinski definition) is 4. The molecule has 1 aromatic carbocycles. The lowest BCUT2D eigenvalue weighted by Crippen LogP contribution is -2.34. The van der Waals surface area contributed by atoms with E-state index in [0.717, 1.165) is 4.90 Å². The van der Waals surface area contributed by atoms with Gasteiger partial charge in [0.2, 0.25) is 11.8 Å². The average Bonchev–Trinajstić information content (AvgIpc) is 3.06. The Bertz CT molecular complexity index is 594. The molecule has 19 heavy (non-hydrogen) atoms. The molecule has 1 aromatic rings. The van der Waals surface area contributed by atoms with Gasteiger partial charge in [-0.25, -0.2) is 4.90 Å². The fraction of sp³-hybridized carbons (Fsp3) is 0.286. The lowest BCUT2D eigenvalue weighted by Gasteiger charge is -2.18. The highest BCUT2D eigenvalue weighted by Crippen LogP contribution is 2.47. The number of aromatic hydroxyl groups is 1. The third-order valence-electron chi connectivity index (χ3n) is 4.03. The highest BCUT2D eigenvalue weighted by atomic mass is 16.5. The van der Waals surface area contributed by atoms with Crippen LogP contribution in [0.15, 0.2) is 36.4 Å². The van der Waals surface area contributed by atoms with Crippen LogP contribution in [0, 0.1) is 11.8 Å². The van der Waals surface area contributed by atoms with Crippen LogP contribution >= 0.6 is 0 Å². The molecular weight excluding hydrogens is 246 g/mol. The minimum atomic E-state index is -0.442. The molecule has 2 saturated heterocycles. The maximum Gasteiger partial charge on any atom is 0.240 e. The third kappa shape index (κ3) is 1.23. The molecule has 0 spiro atoms. The molecule has 0 radical (unpaired) electrons. The monoisotopic (exact) mass is 257 g/mol. The van der Waals surface area contributed by atoms with E-state index in [1.54, 1.807) is 18.2 Å². The van der Waals surface area contributed by atoms with Crippen LogP contribution < -0.4 is 4.90 Å². The number of fused-ring (bicyclic) bond motifs is 5. The summed E-state index contributed by atoms with van der Waals surface area (Å²) in [5.74, 6) is -1.52. The summed E-state index contributed by atoms with van der Waals surface area (Å²) in [5, 5.41) is 9.82. The SMILES string of the molecule is O=C1[C@@H]2[C@@H](C(=O)N1c1ccccc1O)[C@H]1C=C[C@H]2O1. The number of anilines is 1. The van der Waals surface area contributed by atoms with Crippen molar-refractivity contribution in [1.82, 2.24) is 0 Å². The standard InChI is InChI=1S/C14H11NO4/c16-8-4-2-1-3-7(8)15-13(17)11-9-5-6-10(19-9)12(11)14(15)18/h1-6,9-12,16H/t9-,10-,11+,12+/m1/s1. The number of amides is 2. The van der Waals surface area contributed by atoms with E-state index < -0.39 is 11.8 Å². The second-order valence-electron chi connectivity index (χ2n) is 5.00. The lowest BCUT2D eigenvalue weighted by atomic mass is 9.85. The highest BCUT2D eigenvalue weighted by Gasteiger charge is 2.61. The van der Waals surface area contributed by atoms with E-state index in [4.69, 9.17) is 4.74 Å². The van der Waals surface area contributed by atoms with Gasteiger partial charge in [-0.1, -0.05) is 24.3 Å². The van der Waals surface area contributed by atoms with Crippen LogP contribution in [0.5, 0.6) is 5.75 Å². The Morgan fingerprint density at radius 1 is 1.00 bits per heavy atom. The number of hydrogen-bond donors (Lipinski definition) is 1. The molecule has 0 aromatic heterocycles.